The Balaban J connectivity index is 1.90. The van der Waals surface area contributed by atoms with Gasteiger partial charge in [0.05, 0.1) is 12.2 Å². The smallest absolute Gasteiger partial charge is 0.340 e. The summed E-state index contributed by atoms with van der Waals surface area (Å²) in [5.74, 6) is 0.592. The zero-order chi connectivity index (χ0) is 22.8. The van der Waals surface area contributed by atoms with E-state index in [1.807, 2.05) is 38.2 Å². The van der Waals surface area contributed by atoms with Gasteiger partial charge in [0.15, 0.2) is 0 Å². The predicted octanol–water partition coefficient (Wildman–Crippen LogP) is 5.99. The Morgan fingerprint density at radius 1 is 1.22 bits per heavy atom. The first kappa shape index (κ1) is 22.7. The number of carbonyl (C=O) groups excluding carboxylic acids is 1. The number of ether oxygens (including phenoxy) is 1. The number of esters is 1. The van der Waals surface area contributed by atoms with Crippen LogP contribution >= 0.6 is 11.8 Å². The molecule has 1 N–H and O–H groups in total. The standard InChI is InChI=1S/C26H32N2O3S/c1-5-31-26(30)25-22(16-32-19-9-7-6-8-10-19)28(18-11-12-18)21-13-14-23(29)20(24(21)25)15-27(4)17(2)3/h6-10,13-14,17-18,29H,5,11-12,15-16H2,1-4H3. The van der Waals surface area contributed by atoms with E-state index in [4.69, 9.17) is 4.74 Å². The zero-order valence-corrected chi connectivity index (χ0v) is 20.1. The molecule has 1 aliphatic rings. The fourth-order valence-corrected chi connectivity index (χ4v) is 5.03. The molecule has 3 aromatic rings. The molecule has 0 radical (unpaired) electrons. The topological polar surface area (TPSA) is 54.7 Å². The molecule has 1 fully saturated rings. The third-order valence-corrected chi connectivity index (χ3v) is 7.18. The lowest BCUT2D eigenvalue weighted by Crippen LogP contribution is -2.25. The van der Waals surface area contributed by atoms with Crippen LogP contribution in [0.5, 0.6) is 5.75 Å². The van der Waals surface area contributed by atoms with Crippen LogP contribution in [0.2, 0.25) is 0 Å². The maximum Gasteiger partial charge on any atom is 0.340 e. The monoisotopic (exact) mass is 452 g/mol. The van der Waals surface area contributed by atoms with Crippen LogP contribution in [0.1, 0.15) is 61.3 Å². The number of nitrogens with zero attached hydrogens (tertiary/aromatic N) is 2. The van der Waals surface area contributed by atoms with Crippen molar-refractivity contribution in [1.29, 1.82) is 0 Å². The summed E-state index contributed by atoms with van der Waals surface area (Å²) in [6.45, 7) is 6.97. The number of hydrogen-bond donors (Lipinski definition) is 1. The molecule has 0 saturated heterocycles. The second kappa shape index (κ2) is 9.59. The second-order valence-corrected chi connectivity index (χ2v) is 9.76. The van der Waals surface area contributed by atoms with E-state index >= 15 is 0 Å². The van der Waals surface area contributed by atoms with E-state index in [1.165, 1.54) is 0 Å². The number of thioether (sulfide) groups is 1. The van der Waals surface area contributed by atoms with Gasteiger partial charge in [-0.2, -0.15) is 0 Å². The fourth-order valence-electron chi connectivity index (χ4n) is 4.09. The van der Waals surface area contributed by atoms with Gasteiger partial charge in [0.2, 0.25) is 0 Å². The molecule has 0 aliphatic heterocycles. The number of rotatable bonds is 9. The van der Waals surface area contributed by atoms with Crippen LogP contribution in [0.15, 0.2) is 47.4 Å². The molecule has 0 atom stereocenters. The van der Waals surface area contributed by atoms with Gasteiger partial charge in [-0.25, -0.2) is 4.79 Å². The molecule has 2 aromatic carbocycles. The highest BCUT2D eigenvalue weighted by molar-refractivity contribution is 7.98. The first-order valence-corrected chi connectivity index (χ1v) is 12.3. The third kappa shape index (κ3) is 4.52. The second-order valence-electron chi connectivity index (χ2n) is 8.71. The highest BCUT2D eigenvalue weighted by Crippen LogP contribution is 2.45. The van der Waals surface area contributed by atoms with Crippen LogP contribution in [-0.4, -0.2) is 40.2 Å². The summed E-state index contributed by atoms with van der Waals surface area (Å²) in [5.41, 5.74) is 3.42. The van der Waals surface area contributed by atoms with Gasteiger partial charge < -0.3 is 14.4 Å². The highest BCUT2D eigenvalue weighted by Gasteiger charge is 2.34. The Bertz CT molecular complexity index is 1100. The molecule has 170 valence electrons. The van der Waals surface area contributed by atoms with Gasteiger partial charge in [0.1, 0.15) is 5.75 Å². The molecule has 1 aliphatic carbocycles. The molecule has 4 rings (SSSR count). The van der Waals surface area contributed by atoms with E-state index in [0.29, 0.717) is 36.6 Å². The number of phenolic OH excluding ortho intramolecular Hbond substituents is 1. The van der Waals surface area contributed by atoms with Crippen molar-refractivity contribution >= 4 is 28.6 Å². The number of aromatic nitrogens is 1. The quantitative estimate of drug-likeness (QED) is 0.319. The van der Waals surface area contributed by atoms with Crippen molar-refractivity contribution in [3.8, 4) is 5.75 Å². The summed E-state index contributed by atoms with van der Waals surface area (Å²) in [4.78, 5) is 16.6. The minimum atomic E-state index is -0.306. The molecule has 0 spiro atoms. The zero-order valence-electron chi connectivity index (χ0n) is 19.3. The van der Waals surface area contributed by atoms with Crippen LogP contribution in [0.25, 0.3) is 10.9 Å². The molecule has 5 nitrogen and oxygen atoms in total. The van der Waals surface area contributed by atoms with Gasteiger partial charge in [0.25, 0.3) is 0 Å². The van der Waals surface area contributed by atoms with E-state index in [0.717, 1.165) is 39.9 Å². The molecular weight excluding hydrogens is 420 g/mol. The minimum Gasteiger partial charge on any atom is -0.508 e. The maximum atomic E-state index is 13.3. The summed E-state index contributed by atoms with van der Waals surface area (Å²) in [5, 5.41) is 11.7. The summed E-state index contributed by atoms with van der Waals surface area (Å²) >= 11 is 1.73. The molecule has 0 unspecified atom stereocenters. The van der Waals surface area contributed by atoms with Gasteiger partial charge in [-0.1, -0.05) is 18.2 Å². The molecule has 1 aromatic heterocycles. The predicted molar refractivity (Wildman–Crippen MR) is 130 cm³/mol. The lowest BCUT2D eigenvalue weighted by molar-refractivity contribution is 0.0527. The number of fused-ring (bicyclic) bond motifs is 1. The van der Waals surface area contributed by atoms with Crippen molar-refractivity contribution in [3.63, 3.8) is 0 Å². The Morgan fingerprint density at radius 3 is 2.56 bits per heavy atom. The van der Waals surface area contributed by atoms with E-state index in [-0.39, 0.29) is 11.7 Å². The Hall–Kier alpha value is -2.44. The SMILES string of the molecule is CCOC(=O)c1c(CSc2ccccc2)n(C2CC2)c2ccc(O)c(CN(C)C(C)C)c12. The first-order valence-electron chi connectivity index (χ1n) is 11.3. The van der Waals surface area contributed by atoms with Gasteiger partial charge in [-0.15, -0.1) is 11.8 Å². The number of carbonyl (C=O) groups is 1. The molecule has 6 heteroatoms. The lowest BCUT2D eigenvalue weighted by atomic mass is 10.0. The van der Waals surface area contributed by atoms with Gasteiger partial charge >= 0.3 is 5.97 Å². The maximum absolute atomic E-state index is 13.3. The summed E-state index contributed by atoms with van der Waals surface area (Å²) in [6.07, 6.45) is 2.22. The van der Waals surface area contributed by atoms with Crippen molar-refractivity contribution < 1.29 is 14.6 Å². The average molecular weight is 453 g/mol. The third-order valence-electron chi connectivity index (χ3n) is 6.15. The Kier molecular flexibility index (Phi) is 6.82. The van der Waals surface area contributed by atoms with Crippen molar-refractivity contribution in [3.05, 3.63) is 59.3 Å². The lowest BCUT2D eigenvalue weighted by Gasteiger charge is -2.22. The average Bonchev–Trinajstić information content (AvgIpc) is 3.56. The van der Waals surface area contributed by atoms with E-state index < -0.39 is 0 Å². The minimum absolute atomic E-state index is 0.228. The molecule has 0 amide bonds. The summed E-state index contributed by atoms with van der Waals surface area (Å²) < 4.78 is 7.86. The number of benzene rings is 2. The van der Waals surface area contributed by atoms with Gasteiger partial charge in [-0.3, -0.25) is 4.90 Å². The normalized spacial score (nSPS) is 13.9. The number of aromatic hydroxyl groups is 1. The fraction of sp³-hybridized carbons (Fsp3) is 0.423. The van der Waals surface area contributed by atoms with Crippen LogP contribution < -0.4 is 0 Å². The van der Waals surface area contributed by atoms with Crippen molar-refractivity contribution in [2.45, 2.75) is 62.9 Å². The van der Waals surface area contributed by atoms with E-state index in [2.05, 4.69) is 35.4 Å². The largest absolute Gasteiger partial charge is 0.508 e. The van der Waals surface area contributed by atoms with E-state index in [9.17, 15) is 9.90 Å². The molecule has 0 bridgehead atoms. The van der Waals surface area contributed by atoms with Crippen molar-refractivity contribution in [2.75, 3.05) is 13.7 Å². The summed E-state index contributed by atoms with van der Waals surface area (Å²) in [7, 11) is 2.04. The van der Waals surface area contributed by atoms with Crippen LogP contribution in [0.4, 0.5) is 0 Å². The first-order chi connectivity index (χ1) is 15.4. The van der Waals surface area contributed by atoms with Crippen LogP contribution in [0.3, 0.4) is 0 Å². The highest BCUT2D eigenvalue weighted by atomic mass is 32.2. The van der Waals surface area contributed by atoms with Crippen molar-refractivity contribution in [1.82, 2.24) is 9.47 Å². The van der Waals surface area contributed by atoms with Crippen LogP contribution in [0, 0.1) is 0 Å². The van der Waals surface area contributed by atoms with E-state index in [1.54, 1.807) is 17.8 Å². The Morgan fingerprint density at radius 2 is 1.94 bits per heavy atom. The van der Waals surface area contributed by atoms with Gasteiger partial charge in [-0.05, 0) is 64.9 Å². The number of phenols is 1. The molecular formula is C26H32N2O3S. The molecule has 1 saturated carbocycles. The molecule has 32 heavy (non-hydrogen) atoms. The Labute approximate surface area is 194 Å². The summed E-state index contributed by atoms with van der Waals surface area (Å²) in [6, 6.07) is 14.7. The molecule has 1 heterocycles. The van der Waals surface area contributed by atoms with Crippen molar-refractivity contribution in [2.24, 2.45) is 0 Å². The van der Waals surface area contributed by atoms with Crippen LogP contribution in [-0.2, 0) is 17.0 Å². The number of hydrogen-bond acceptors (Lipinski definition) is 5. The van der Waals surface area contributed by atoms with Gasteiger partial charge in [0, 0.05) is 51.4 Å².